The van der Waals surface area contributed by atoms with E-state index in [0.717, 1.165) is 19.2 Å². The summed E-state index contributed by atoms with van der Waals surface area (Å²) in [5.41, 5.74) is -4.13. The third kappa shape index (κ3) is 5.77. The van der Waals surface area contributed by atoms with Crippen molar-refractivity contribution < 1.29 is 41.7 Å². The number of rotatable bonds is 11. The van der Waals surface area contributed by atoms with Gasteiger partial charge >= 0.3 is 18.1 Å². The third-order valence-electron chi connectivity index (χ3n) is 5.33. The lowest BCUT2D eigenvalue weighted by atomic mass is 9.82. The fourth-order valence-corrected chi connectivity index (χ4v) is 3.56. The number of esters is 2. The van der Waals surface area contributed by atoms with E-state index in [1.165, 1.54) is 18.2 Å². The summed E-state index contributed by atoms with van der Waals surface area (Å²) in [6, 6.07) is 15.4. The monoisotopic (exact) mass is 482 g/mol. The Morgan fingerprint density at radius 3 is 1.91 bits per heavy atom. The SMILES string of the molecule is CCOC(=O)C(C)(C)[C@@H](OCCOC(=O)[C@@](OC)(c1ccccc1)C(F)(F)F)c1ccccc1. The number of carbonyl (C=O) groups excluding carboxylic acids is 2. The van der Waals surface area contributed by atoms with Crippen LogP contribution in [0.25, 0.3) is 0 Å². The standard InChI is InChI=1S/C25H29F3O6/c1-5-32-21(29)23(2,3)20(18-12-8-6-9-13-18)33-16-17-34-22(30)24(31-4,25(26,27)28)19-14-10-7-11-15-19/h6-15,20H,5,16-17H2,1-4H3/t20-,24-/m0/s1. The summed E-state index contributed by atoms with van der Waals surface area (Å²) < 4.78 is 62.6. The van der Waals surface area contributed by atoms with Crippen LogP contribution in [0.1, 0.15) is 38.0 Å². The summed E-state index contributed by atoms with van der Waals surface area (Å²) in [6.45, 7) is 4.39. The van der Waals surface area contributed by atoms with Crippen LogP contribution in [-0.4, -0.2) is 45.0 Å². The van der Waals surface area contributed by atoms with Gasteiger partial charge in [-0.3, -0.25) is 4.79 Å². The summed E-state index contributed by atoms with van der Waals surface area (Å²) in [4.78, 5) is 25.2. The van der Waals surface area contributed by atoms with Gasteiger partial charge in [-0.2, -0.15) is 13.2 Å². The molecule has 0 bridgehead atoms. The van der Waals surface area contributed by atoms with Gasteiger partial charge < -0.3 is 18.9 Å². The first-order valence-corrected chi connectivity index (χ1v) is 10.7. The van der Waals surface area contributed by atoms with Gasteiger partial charge in [-0.1, -0.05) is 60.7 Å². The molecule has 0 saturated heterocycles. The van der Waals surface area contributed by atoms with E-state index >= 15 is 0 Å². The zero-order valence-corrected chi connectivity index (χ0v) is 19.6. The largest absolute Gasteiger partial charge is 0.465 e. The van der Waals surface area contributed by atoms with Crippen LogP contribution >= 0.6 is 0 Å². The van der Waals surface area contributed by atoms with E-state index in [2.05, 4.69) is 0 Å². The zero-order chi connectivity index (χ0) is 25.4. The highest BCUT2D eigenvalue weighted by Gasteiger charge is 2.64. The first-order valence-electron chi connectivity index (χ1n) is 10.7. The summed E-state index contributed by atoms with van der Waals surface area (Å²) in [7, 11) is 0.797. The van der Waals surface area contributed by atoms with E-state index < -0.39 is 47.4 Å². The Kier molecular flexibility index (Phi) is 9.23. The number of hydrogen-bond acceptors (Lipinski definition) is 6. The van der Waals surface area contributed by atoms with Crippen molar-refractivity contribution in [3.05, 3.63) is 71.8 Å². The van der Waals surface area contributed by atoms with Crippen molar-refractivity contribution in [3.8, 4) is 0 Å². The molecule has 0 radical (unpaired) electrons. The zero-order valence-electron chi connectivity index (χ0n) is 19.6. The first kappa shape index (κ1) is 27.3. The van der Waals surface area contributed by atoms with Crippen molar-refractivity contribution in [2.24, 2.45) is 5.41 Å². The number of alkyl halides is 3. The topological polar surface area (TPSA) is 71.1 Å². The van der Waals surface area contributed by atoms with E-state index in [-0.39, 0.29) is 13.2 Å². The summed E-state index contributed by atoms with van der Waals surface area (Å²) in [5, 5.41) is 0. The molecule has 0 saturated carbocycles. The Morgan fingerprint density at radius 1 is 0.853 bits per heavy atom. The van der Waals surface area contributed by atoms with Gasteiger partial charge in [0.15, 0.2) is 0 Å². The second kappa shape index (κ2) is 11.5. The Labute approximate surface area is 197 Å². The normalized spacial score (nSPS) is 14.7. The van der Waals surface area contributed by atoms with Crippen molar-refractivity contribution in [2.45, 2.75) is 38.7 Å². The van der Waals surface area contributed by atoms with Crippen LogP contribution < -0.4 is 0 Å². The quantitative estimate of drug-likeness (QED) is 0.332. The lowest BCUT2D eigenvalue weighted by Crippen LogP contribution is -2.52. The van der Waals surface area contributed by atoms with Gasteiger partial charge in [-0.25, -0.2) is 4.79 Å². The number of benzene rings is 2. The van der Waals surface area contributed by atoms with Crippen LogP contribution in [0.15, 0.2) is 60.7 Å². The molecule has 0 N–H and O–H groups in total. The Morgan fingerprint density at radius 2 is 1.41 bits per heavy atom. The molecular weight excluding hydrogens is 453 g/mol. The highest BCUT2D eigenvalue weighted by molar-refractivity contribution is 5.82. The van der Waals surface area contributed by atoms with Crippen LogP contribution in [0, 0.1) is 5.41 Å². The Balaban J connectivity index is 2.18. The van der Waals surface area contributed by atoms with Crippen LogP contribution in [-0.2, 0) is 34.1 Å². The van der Waals surface area contributed by atoms with Crippen molar-refractivity contribution in [3.63, 3.8) is 0 Å². The molecule has 6 nitrogen and oxygen atoms in total. The van der Waals surface area contributed by atoms with E-state index in [4.69, 9.17) is 18.9 Å². The minimum Gasteiger partial charge on any atom is -0.465 e. The third-order valence-corrected chi connectivity index (χ3v) is 5.33. The molecule has 2 aromatic carbocycles. The smallest absolute Gasteiger partial charge is 0.432 e. The summed E-state index contributed by atoms with van der Waals surface area (Å²) in [6.07, 6.45) is -5.87. The van der Waals surface area contributed by atoms with Crippen molar-refractivity contribution >= 4 is 11.9 Å². The maximum atomic E-state index is 14.0. The van der Waals surface area contributed by atoms with Gasteiger partial charge in [0.05, 0.1) is 24.7 Å². The minimum atomic E-state index is -5.07. The first-order chi connectivity index (χ1) is 16.0. The maximum Gasteiger partial charge on any atom is 0.432 e. The van der Waals surface area contributed by atoms with Crippen LogP contribution in [0.4, 0.5) is 13.2 Å². The summed E-state index contributed by atoms with van der Waals surface area (Å²) >= 11 is 0. The van der Waals surface area contributed by atoms with Crippen LogP contribution in [0.3, 0.4) is 0 Å². The minimum absolute atomic E-state index is 0.178. The van der Waals surface area contributed by atoms with Gasteiger partial charge in [0.2, 0.25) is 0 Å². The van der Waals surface area contributed by atoms with E-state index in [0.29, 0.717) is 5.56 Å². The maximum absolute atomic E-state index is 14.0. The lowest BCUT2D eigenvalue weighted by Gasteiger charge is -2.33. The van der Waals surface area contributed by atoms with Crippen LogP contribution in [0.5, 0.6) is 0 Å². The second-order valence-electron chi connectivity index (χ2n) is 7.99. The van der Waals surface area contributed by atoms with Gasteiger partial charge in [0, 0.05) is 12.7 Å². The average molecular weight is 482 g/mol. The van der Waals surface area contributed by atoms with Crippen molar-refractivity contribution in [1.82, 2.24) is 0 Å². The van der Waals surface area contributed by atoms with Gasteiger partial charge in [-0.15, -0.1) is 0 Å². The number of methoxy groups -OCH3 is 1. The lowest BCUT2D eigenvalue weighted by molar-refractivity contribution is -0.276. The van der Waals surface area contributed by atoms with Gasteiger partial charge in [0.1, 0.15) is 6.61 Å². The predicted molar refractivity (Wildman–Crippen MR) is 118 cm³/mol. The molecule has 34 heavy (non-hydrogen) atoms. The fraction of sp³-hybridized carbons (Fsp3) is 0.440. The van der Waals surface area contributed by atoms with E-state index in [9.17, 15) is 22.8 Å². The highest BCUT2D eigenvalue weighted by Crippen LogP contribution is 2.43. The summed E-state index contributed by atoms with van der Waals surface area (Å²) in [5.74, 6) is -2.11. The number of ether oxygens (including phenoxy) is 4. The molecule has 0 fully saturated rings. The van der Waals surface area contributed by atoms with Crippen LogP contribution in [0.2, 0.25) is 0 Å². The molecule has 9 heteroatoms. The van der Waals surface area contributed by atoms with Gasteiger partial charge in [0.25, 0.3) is 5.60 Å². The molecule has 0 unspecified atom stereocenters. The van der Waals surface area contributed by atoms with E-state index in [1.54, 1.807) is 51.1 Å². The molecule has 0 amide bonds. The van der Waals surface area contributed by atoms with Crippen molar-refractivity contribution in [1.29, 1.82) is 0 Å². The number of halogens is 3. The molecule has 0 spiro atoms. The van der Waals surface area contributed by atoms with E-state index in [1.807, 2.05) is 0 Å². The molecular formula is C25H29F3O6. The molecule has 2 rings (SSSR count). The average Bonchev–Trinajstić information content (AvgIpc) is 2.80. The Hall–Kier alpha value is -2.91. The number of carbonyl (C=O) groups is 2. The molecule has 186 valence electrons. The van der Waals surface area contributed by atoms with Crippen molar-refractivity contribution in [2.75, 3.05) is 26.9 Å². The molecule has 2 aromatic rings. The molecule has 0 aromatic heterocycles. The predicted octanol–water partition coefficient (Wildman–Crippen LogP) is 4.98. The molecule has 0 aliphatic carbocycles. The number of hydrogen-bond donors (Lipinski definition) is 0. The molecule has 0 aliphatic heterocycles. The molecule has 0 heterocycles. The van der Waals surface area contributed by atoms with Gasteiger partial charge in [-0.05, 0) is 26.3 Å². The Bertz CT molecular complexity index is 931. The molecule has 2 atom stereocenters. The highest BCUT2D eigenvalue weighted by atomic mass is 19.4. The fourth-order valence-electron chi connectivity index (χ4n) is 3.56. The molecule has 0 aliphatic rings. The second-order valence-corrected chi connectivity index (χ2v) is 7.99.